The molecule has 0 aliphatic carbocycles. The standard InChI is InChI=1S/C26H27N3O3/c1-19-16-23-25(32-19)17-24(29(23)18-20-6-4-3-5-7-20)26(30)28-14-12-27(13-15-28)21-8-10-22(31-2)11-9-21/h3-11,16-17H,12-15,18H2,1-2H3. The molecule has 0 N–H and O–H groups in total. The van der Waals surface area contributed by atoms with Crippen molar-refractivity contribution < 1.29 is 13.9 Å². The van der Waals surface area contributed by atoms with Crippen LogP contribution in [0, 0.1) is 6.92 Å². The minimum Gasteiger partial charge on any atom is -0.497 e. The molecular weight excluding hydrogens is 402 g/mol. The highest BCUT2D eigenvalue weighted by atomic mass is 16.5. The van der Waals surface area contributed by atoms with Crippen LogP contribution in [0.4, 0.5) is 5.69 Å². The minimum absolute atomic E-state index is 0.0550. The third kappa shape index (κ3) is 3.84. The topological polar surface area (TPSA) is 50.9 Å². The lowest BCUT2D eigenvalue weighted by molar-refractivity contribution is 0.0737. The summed E-state index contributed by atoms with van der Waals surface area (Å²) >= 11 is 0. The van der Waals surface area contributed by atoms with Crippen LogP contribution < -0.4 is 9.64 Å². The second kappa shape index (κ2) is 8.46. The summed E-state index contributed by atoms with van der Waals surface area (Å²) in [6.07, 6.45) is 0. The monoisotopic (exact) mass is 429 g/mol. The van der Waals surface area contributed by atoms with E-state index in [0.29, 0.717) is 25.3 Å². The van der Waals surface area contributed by atoms with Gasteiger partial charge in [-0.15, -0.1) is 0 Å². The quantitative estimate of drug-likeness (QED) is 0.467. The van der Waals surface area contributed by atoms with Gasteiger partial charge >= 0.3 is 0 Å². The summed E-state index contributed by atoms with van der Waals surface area (Å²) in [5.74, 6) is 1.75. The number of fused-ring (bicyclic) bond motifs is 1. The molecule has 1 saturated heterocycles. The van der Waals surface area contributed by atoms with Gasteiger partial charge in [0.05, 0.1) is 12.6 Å². The van der Waals surface area contributed by atoms with Crippen molar-refractivity contribution >= 4 is 22.7 Å². The summed E-state index contributed by atoms with van der Waals surface area (Å²) in [4.78, 5) is 17.8. The van der Waals surface area contributed by atoms with Crippen molar-refractivity contribution in [3.8, 4) is 5.75 Å². The maximum absolute atomic E-state index is 13.5. The molecule has 32 heavy (non-hydrogen) atoms. The smallest absolute Gasteiger partial charge is 0.270 e. The molecule has 6 heteroatoms. The number of rotatable bonds is 5. The molecule has 1 aliphatic rings. The van der Waals surface area contributed by atoms with Crippen molar-refractivity contribution in [3.05, 3.63) is 83.7 Å². The molecule has 3 heterocycles. The lowest BCUT2D eigenvalue weighted by Crippen LogP contribution is -2.49. The maximum Gasteiger partial charge on any atom is 0.270 e. The Morgan fingerprint density at radius 1 is 0.969 bits per heavy atom. The molecule has 1 aliphatic heterocycles. The molecule has 0 unspecified atom stereocenters. The Morgan fingerprint density at radius 3 is 2.38 bits per heavy atom. The van der Waals surface area contributed by atoms with Gasteiger partial charge < -0.3 is 23.5 Å². The van der Waals surface area contributed by atoms with Gasteiger partial charge in [-0.2, -0.15) is 0 Å². The highest BCUT2D eigenvalue weighted by Gasteiger charge is 2.26. The van der Waals surface area contributed by atoms with E-state index < -0.39 is 0 Å². The molecule has 6 nitrogen and oxygen atoms in total. The van der Waals surface area contributed by atoms with Gasteiger partial charge in [0.1, 0.15) is 17.2 Å². The molecule has 164 valence electrons. The highest BCUT2D eigenvalue weighted by molar-refractivity contribution is 5.98. The van der Waals surface area contributed by atoms with E-state index in [9.17, 15) is 4.79 Å². The van der Waals surface area contributed by atoms with E-state index in [1.165, 1.54) is 0 Å². The number of hydrogen-bond donors (Lipinski definition) is 0. The number of anilines is 1. The second-order valence-electron chi connectivity index (χ2n) is 8.19. The number of methoxy groups -OCH3 is 1. The third-order valence-electron chi connectivity index (χ3n) is 6.12. The first-order valence-electron chi connectivity index (χ1n) is 10.9. The molecule has 2 aromatic heterocycles. The molecule has 1 fully saturated rings. The van der Waals surface area contributed by atoms with Gasteiger partial charge in [-0.25, -0.2) is 0 Å². The average Bonchev–Trinajstić information content (AvgIpc) is 3.36. The van der Waals surface area contributed by atoms with E-state index in [0.717, 1.165) is 46.9 Å². The Bertz CT molecular complexity index is 1220. The van der Waals surface area contributed by atoms with E-state index >= 15 is 0 Å². The van der Waals surface area contributed by atoms with Crippen LogP contribution in [0.15, 0.2) is 71.1 Å². The molecule has 1 amide bonds. The number of hydrogen-bond acceptors (Lipinski definition) is 4. The first kappa shape index (κ1) is 20.2. The van der Waals surface area contributed by atoms with Crippen LogP contribution in [0.2, 0.25) is 0 Å². The fourth-order valence-electron chi connectivity index (χ4n) is 4.40. The first-order valence-corrected chi connectivity index (χ1v) is 10.9. The zero-order valence-corrected chi connectivity index (χ0v) is 18.5. The molecule has 0 bridgehead atoms. The normalized spacial score (nSPS) is 14.2. The number of piperazine rings is 1. The Labute approximate surface area is 187 Å². The molecule has 4 aromatic rings. The van der Waals surface area contributed by atoms with E-state index in [1.807, 2.05) is 54.3 Å². The van der Waals surface area contributed by atoms with Crippen LogP contribution in [-0.2, 0) is 6.54 Å². The Kier molecular flexibility index (Phi) is 5.35. The van der Waals surface area contributed by atoms with Gasteiger partial charge in [0.15, 0.2) is 5.58 Å². The van der Waals surface area contributed by atoms with Gasteiger partial charge in [0.2, 0.25) is 0 Å². The van der Waals surface area contributed by atoms with Gasteiger partial charge in [-0.1, -0.05) is 30.3 Å². The highest BCUT2D eigenvalue weighted by Crippen LogP contribution is 2.27. The summed E-state index contributed by atoms with van der Waals surface area (Å²) in [5.41, 5.74) is 4.71. The number of aromatic nitrogens is 1. The number of nitrogens with zero attached hydrogens (tertiary/aromatic N) is 3. The van der Waals surface area contributed by atoms with Crippen LogP contribution in [0.3, 0.4) is 0 Å². The first-order chi connectivity index (χ1) is 15.6. The van der Waals surface area contributed by atoms with Gasteiger partial charge in [-0.3, -0.25) is 4.79 Å². The maximum atomic E-state index is 13.5. The van der Waals surface area contributed by atoms with Crippen molar-refractivity contribution in [1.82, 2.24) is 9.47 Å². The summed E-state index contributed by atoms with van der Waals surface area (Å²) < 4.78 is 13.2. The van der Waals surface area contributed by atoms with Crippen LogP contribution in [0.1, 0.15) is 21.8 Å². The van der Waals surface area contributed by atoms with Crippen molar-refractivity contribution in [1.29, 1.82) is 0 Å². The molecule has 5 rings (SSSR count). The zero-order valence-electron chi connectivity index (χ0n) is 18.5. The number of ether oxygens (including phenoxy) is 1. The van der Waals surface area contributed by atoms with Crippen LogP contribution in [-0.4, -0.2) is 48.7 Å². The van der Waals surface area contributed by atoms with Crippen molar-refractivity contribution in [2.24, 2.45) is 0 Å². The molecule has 0 saturated carbocycles. The lowest BCUT2D eigenvalue weighted by atomic mass is 10.2. The zero-order chi connectivity index (χ0) is 22.1. The fourth-order valence-corrected chi connectivity index (χ4v) is 4.40. The number of carbonyl (C=O) groups excluding carboxylic acids is 1. The molecular formula is C26H27N3O3. The third-order valence-corrected chi connectivity index (χ3v) is 6.12. The van der Waals surface area contributed by atoms with Crippen molar-refractivity contribution in [3.63, 3.8) is 0 Å². The number of carbonyl (C=O) groups is 1. The summed E-state index contributed by atoms with van der Waals surface area (Å²) in [6, 6.07) is 22.2. The Morgan fingerprint density at radius 2 is 1.69 bits per heavy atom. The van der Waals surface area contributed by atoms with Crippen molar-refractivity contribution in [2.45, 2.75) is 13.5 Å². The fraction of sp³-hybridized carbons (Fsp3) is 0.269. The number of furan rings is 1. The number of amides is 1. The van der Waals surface area contributed by atoms with Gasteiger partial charge in [-0.05, 0) is 36.8 Å². The van der Waals surface area contributed by atoms with Crippen LogP contribution in [0.25, 0.3) is 11.1 Å². The largest absolute Gasteiger partial charge is 0.497 e. The predicted octanol–water partition coefficient (Wildman–Crippen LogP) is 4.56. The van der Waals surface area contributed by atoms with Crippen molar-refractivity contribution in [2.75, 3.05) is 38.2 Å². The van der Waals surface area contributed by atoms with E-state index in [4.69, 9.17) is 9.15 Å². The number of benzene rings is 2. The van der Waals surface area contributed by atoms with E-state index in [1.54, 1.807) is 7.11 Å². The summed E-state index contributed by atoms with van der Waals surface area (Å²) in [7, 11) is 1.67. The van der Waals surface area contributed by atoms with Gasteiger partial charge in [0, 0.05) is 50.5 Å². The number of aryl methyl sites for hydroxylation is 1. The Balaban J connectivity index is 1.35. The van der Waals surface area contributed by atoms with E-state index in [2.05, 4.69) is 33.7 Å². The molecule has 0 radical (unpaired) electrons. The van der Waals surface area contributed by atoms with E-state index in [-0.39, 0.29) is 5.91 Å². The summed E-state index contributed by atoms with van der Waals surface area (Å²) in [5, 5.41) is 0. The average molecular weight is 430 g/mol. The molecule has 0 atom stereocenters. The SMILES string of the molecule is COc1ccc(N2CCN(C(=O)c3cc4oc(C)cc4n3Cc3ccccc3)CC2)cc1. The van der Waals surface area contributed by atoms with Crippen LogP contribution >= 0.6 is 0 Å². The predicted molar refractivity (Wildman–Crippen MR) is 126 cm³/mol. The second-order valence-corrected chi connectivity index (χ2v) is 8.19. The molecule has 0 spiro atoms. The van der Waals surface area contributed by atoms with Gasteiger partial charge in [0.25, 0.3) is 5.91 Å². The minimum atomic E-state index is 0.0550. The lowest BCUT2D eigenvalue weighted by Gasteiger charge is -2.36. The molecule has 2 aromatic carbocycles. The van der Waals surface area contributed by atoms with Crippen LogP contribution in [0.5, 0.6) is 5.75 Å². The summed E-state index contributed by atoms with van der Waals surface area (Å²) in [6.45, 7) is 5.53. The Hall–Kier alpha value is -3.67.